The number of halogens is 1. The summed E-state index contributed by atoms with van der Waals surface area (Å²) in [4.78, 5) is 24.6. The molecule has 1 aromatic heterocycles. The van der Waals surface area contributed by atoms with Gasteiger partial charge in [-0.2, -0.15) is 5.10 Å². The lowest BCUT2D eigenvalue weighted by Gasteiger charge is -2.15. The van der Waals surface area contributed by atoms with Crippen molar-refractivity contribution in [2.45, 2.75) is 46.7 Å². The first-order chi connectivity index (χ1) is 11.8. The summed E-state index contributed by atoms with van der Waals surface area (Å²) >= 11 is 0. The zero-order valence-electron chi connectivity index (χ0n) is 14.9. The number of aromatic nitrogens is 2. The van der Waals surface area contributed by atoms with Crippen molar-refractivity contribution in [2.75, 3.05) is 5.32 Å². The van der Waals surface area contributed by atoms with E-state index in [0.29, 0.717) is 16.8 Å². The van der Waals surface area contributed by atoms with Crippen LogP contribution in [0.3, 0.4) is 0 Å². The summed E-state index contributed by atoms with van der Waals surface area (Å²) in [7, 11) is 0. The Bertz CT molecular complexity index is 785. The van der Waals surface area contributed by atoms with Gasteiger partial charge in [0.1, 0.15) is 11.9 Å². The summed E-state index contributed by atoms with van der Waals surface area (Å²) < 4.78 is 14.9. The van der Waals surface area contributed by atoms with Crippen molar-refractivity contribution in [3.63, 3.8) is 0 Å². The lowest BCUT2D eigenvalue weighted by atomic mass is 10.1. The summed E-state index contributed by atoms with van der Waals surface area (Å²) in [5, 5.41) is 9.54. The van der Waals surface area contributed by atoms with Gasteiger partial charge in [0.15, 0.2) is 0 Å². The van der Waals surface area contributed by atoms with Crippen LogP contribution in [0.1, 0.15) is 41.9 Å². The third-order valence-corrected chi connectivity index (χ3v) is 3.97. The number of carbonyl (C=O) groups is 2. The maximum Gasteiger partial charge on any atom is 0.255 e. The van der Waals surface area contributed by atoms with Crippen molar-refractivity contribution in [3.8, 4) is 0 Å². The third-order valence-electron chi connectivity index (χ3n) is 3.97. The molecule has 2 aromatic rings. The van der Waals surface area contributed by atoms with Crippen LogP contribution in [0.4, 0.5) is 10.1 Å². The molecule has 25 heavy (non-hydrogen) atoms. The lowest BCUT2D eigenvalue weighted by Crippen LogP contribution is -2.41. The minimum Gasteiger partial charge on any atom is -0.340 e. The van der Waals surface area contributed by atoms with E-state index in [-0.39, 0.29) is 17.6 Å². The first-order valence-corrected chi connectivity index (χ1v) is 8.23. The van der Waals surface area contributed by atoms with Crippen LogP contribution >= 0.6 is 0 Å². The van der Waals surface area contributed by atoms with Crippen LogP contribution in [0.5, 0.6) is 0 Å². The minimum absolute atomic E-state index is 0.349. The number of benzene rings is 1. The quantitative estimate of drug-likeness (QED) is 0.844. The van der Waals surface area contributed by atoms with Gasteiger partial charge in [0, 0.05) is 17.9 Å². The molecular formula is C18H23FN4O2. The maximum absolute atomic E-state index is 13.1. The predicted molar refractivity (Wildman–Crippen MR) is 93.9 cm³/mol. The summed E-state index contributed by atoms with van der Waals surface area (Å²) in [5.41, 5.74) is 2.34. The van der Waals surface area contributed by atoms with Crippen molar-refractivity contribution in [2.24, 2.45) is 0 Å². The molecule has 2 amide bonds. The number of nitrogens with one attached hydrogen (secondary N) is 2. The van der Waals surface area contributed by atoms with E-state index in [4.69, 9.17) is 0 Å². The Morgan fingerprint density at radius 1 is 1.32 bits per heavy atom. The molecule has 2 N–H and O–H groups in total. The molecule has 0 aliphatic heterocycles. The highest BCUT2D eigenvalue weighted by molar-refractivity contribution is 6.01. The highest BCUT2D eigenvalue weighted by Gasteiger charge is 2.20. The van der Waals surface area contributed by atoms with Gasteiger partial charge in [-0.1, -0.05) is 6.92 Å². The van der Waals surface area contributed by atoms with Crippen LogP contribution in [0.2, 0.25) is 0 Å². The summed E-state index contributed by atoms with van der Waals surface area (Å²) in [6.07, 6.45) is 2.43. The Labute approximate surface area is 146 Å². The zero-order chi connectivity index (χ0) is 18.6. The van der Waals surface area contributed by atoms with Crippen LogP contribution < -0.4 is 10.6 Å². The molecule has 7 heteroatoms. The normalized spacial score (nSPS) is 11.9. The van der Waals surface area contributed by atoms with E-state index in [2.05, 4.69) is 15.7 Å². The molecule has 0 radical (unpaired) electrons. The highest BCUT2D eigenvalue weighted by atomic mass is 19.1. The fourth-order valence-electron chi connectivity index (χ4n) is 2.45. The number of nitrogens with zero attached hydrogens (tertiary/aromatic N) is 2. The van der Waals surface area contributed by atoms with Gasteiger partial charge in [-0.25, -0.2) is 4.39 Å². The van der Waals surface area contributed by atoms with Gasteiger partial charge in [-0.3, -0.25) is 14.3 Å². The van der Waals surface area contributed by atoms with E-state index in [9.17, 15) is 14.0 Å². The van der Waals surface area contributed by atoms with Crippen LogP contribution in [-0.4, -0.2) is 27.6 Å². The largest absolute Gasteiger partial charge is 0.340 e. The van der Waals surface area contributed by atoms with Gasteiger partial charge in [-0.05, 0) is 51.0 Å². The second-order valence-electron chi connectivity index (χ2n) is 6.01. The molecule has 1 atom stereocenters. The molecule has 2 rings (SSSR count). The van der Waals surface area contributed by atoms with Gasteiger partial charge >= 0.3 is 0 Å². The Morgan fingerprint density at radius 2 is 2.04 bits per heavy atom. The third kappa shape index (κ3) is 4.43. The van der Waals surface area contributed by atoms with Crippen LogP contribution in [0.25, 0.3) is 0 Å². The molecule has 1 heterocycles. The van der Waals surface area contributed by atoms with E-state index < -0.39 is 6.04 Å². The molecule has 134 valence electrons. The molecule has 0 fully saturated rings. The highest BCUT2D eigenvalue weighted by Crippen LogP contribution is 2.16. The maximum atomic E-state index is 13.1. The smallest absolute Gasteiger partial charge is 0.255 e. The number of rotatable bonds is 6. The average Bonchev–Trinajstić information content (AvgIpc) is 2.91. The molecule has 0 unspecified atom stereocenters. The Morgan fingerprint density at radius 3 is 2.68 bits per heavy atom. The summed E-state index contributed by atoms with van der Waals surface area (Å²) in [5.74, 6) is -1.09. The van der Waals surface area contributed by atoms with Crippen LogP contribution in [-0.2, 0) is 11.3 Å². The van der Waals surface area contributed by atoms with Crippen molar-refractivity contribution in [1.82, 2.24) is 15.1 Å². The van der Waals surface area contributed by atoms with Gasteiger partial charge in [0.05, 0.1) is 11.8 Å². The molecule has 0 aliphatic carbocycles. The van der Waals surface area contributed by atoms with Gasteiger partial charge in [-0.15, -0.1) is 0 Å². The Kier molecular flexibility index (Phi) is 5.90. The number of hydrogen-bond donors (Lipinski definition) is 2. The van der Waals surface area contributed by atoms with Gasteiger partial charge < -0.3 is 10.6 Å². The molecule has 6 nitrogen and oxygen atoms in total. The zero-order valence-corrected chi connectivity index (χ0v) is 14.9. The van der Waals surface area contributed by atoms with Gasteiger partial charge in [0.25, 0.3) is 5.91 Å². The molecule has 0 bridgehead atoms. The second kappa shape index (κ2) is 7.92. The lowest BCUT2D eigenvalue weighted by molar-refractivity contribution is -0.117. The summed E-state index contributed by atoms with van der Waals surface area (Å²) in [6, 6.07) is 3.36. The molecular weight excluding hydrogens is 323 g/mol. The molecule has 0 saturated heterocycles. The summed E-state index contributed by atoms with van der Waals surface area (Å²) in [6.45, 7) is 7.89. The standard InChI is InChI=1S/C18H23FN4O2/c1-5-8-23-13(4)15(10-20-23)18(25)21-12(3)17(24)22-16-7-6-14(19)9-11(16)2/h6-7,9-10,12H,5,8H2,1-4H3,(H,21,25)(H,22,24)/t12-/m0/s1. The van der Waals surface area contributed by atoms with Crippen molar-refractivity contribution in [3.05, 3.63) is 47.0 Å². The van der Waals surface area contributed by atoms with Crippen LogP contribution in [0.15, 0.2) is 24.4 Å². The van der Waals surface area contributed by atoms with E-state index >= 15 is 0 Å². The minimum atomic E-state index is -0.745. The van der Waals surface area contributed by atoms with Crippen molar-refractivity contribution in [1.29, 1.82) is 0 Å². The van der Waals surface area contributed by atoms with E-state index in [1.54, 1.807) is 18.5 Å². The number of hydrogen-bond acceptors (Lipinski definition) is 3. The number of aryl methyl sites for hydroxylation is 2. The number of amides is 2. The van der Waals surface area contributed by atoms with Crippen molar-refractivity contribution < 1.29 is 14.0 Å². The number of anilines is 1. The van der Waals surface area contributed by atoms with Gasteiger partial charge in [0.2, 0.25) is 5.91 Å². The topological polar surface area (TPSA) is 76.0 Å². The molecule has 0 aliphatic rings. The Hall–Kier alpha value is -2.70. The van der Waals surface area contributed by atoms with Crippen LogP contribution in [0, 0.1) is 19.7 Å². The molecule has 0 saturated carbocycles. The fourth-order valence-corrected chi connectivity index (χ4v) is 2.45. The van der Waals surface area contributed by atoms with E-state index in [1.165, 1.54) is 24.4 Å². The second-order valence-corrected chi connectivity index (χ2v) is 6.01. The fraction of sp³-hybridized carbons (Fsp3) is 0.389. The monoisotopic (exact) mass is 346 g/mol. The van der Waals surface area contributed by atoms with Crippen molar-refractivity contribution >= 4 is 17.5 Å². The van der Waals surface area contributed by atoms with E-state index in [0.717, 1.165) is 18.7 Å². The van der Waals surface area contributed by atoms with E-state index in [1.807, 2.05) is 13.8 Å². The Balaban J connectivity index is 2.02. The first kappa shape index (κ1) is 18.6. The molecule has 1 aromatic carbocycles. The first-order valence-electron chi connectivity index (χ1n) is 8.23. The number of carbonyl (C=O) groups excluding carboxylic acids is 2. The SMILES string of the molecule is CCCn1ncc(C(=O)N[C@@H](C)C(=O)Nc2ccc(F)cc2C)c1C. The predicted octanol–water partition coefficient (Wildman–Crippen LogP) is 2.81. The molecule has 0 spiro atoms. The average molecular weight is 346 g/mol.